The molecule has 116 valence electrons. The summed E-state index contributed by atoms with van der Waals surface area (Å²) in [6.45, 7) is 1.63. The van der Waals surface area contributed by atoms with Gasteiger partial charge in [0.25, 0.3) is 11.5 Å². The van der Waals surface area contributed by atoms with Gasteiger partial charge in [-0.1, -0.05) is 6.92 Å². The van der Waals surface area contributed by atoms with E-state index in [1.807, 2.05) is 0 Å². The van der Waals surface area contributed by atoms with E-state index in [9.17, 15) is 27.6 Å². The van der Waals surface area contributed by atoms with Crippen LogP contribution in [0, 0.1) is 0 Å². The lowest BCUT2D eigenvalue weighted by atomic mass is 10.1. The highest BCUT2D eigenvalue weighted by Crippen LogP contribution is 2.26. The van der Waals surface area contributed by atoms with Gasteiger partial charge >= 0.3 is 12.1 Å². The van der Waals surface area contributed by atoms with Gasteiger partial charge in [0.05, 0.1) is 6.42 Å². The summed E-state index contributed by atoms with van der Waals surface area (Å²) in [5.41, 5.74) is -2.96. The van der Waals surface area contributed by atoms with Crippen molar-refractivity contribution in [3.63, 3.8) is 0 Å². The van der Waals surface area contributed by atoms with Crippen molar-refractivity contribution in [2.24, 2.45) is 0 Å². The molecule has 3 N–H and O–H groups in total. The number of rotatable bonds is 5. The van der Waals surface area contributed by atoms with Gasteiger partial charge in [-0.2, -0.15) is 13.2 Å². The average molecular weight is 306 g/mol. The highest BCUT2D eigenvalue weighted by Gasteiger charge is 2.32. The van der Waals surface area contributed by atoms with E-state index in [2.05, 4.69) is 5.32 Å². The molecule has 1 atom stereocenters. The van der Waals surface area contributed by atoms with E-state index in [1.165, 1.54) is 0 Å². The van der Waals surface area contributed by atoms with Gasteiger partial charge < -0.3 is 15.4 Å². The van der Waals surface area contributed by atoms with Crippen molar-refractivity contribution in [3.8, 4) is 0 Å². The van der Waals surface area contributed by atoms with Crippen molar-refractivity contribution in [2.45, 2.75) is 32.0 Å². The van der Waals surface area contributed by atoms with Gasteiger partial charge in [-0.3, -0.25) is 14.4 Å². The largest absolute Gasteiger partial charge is 0.481 e. The maximum absolute atomic E-state index is 12.4. The molecule has 9 heteroatoms. The standard InChI is InChI=1S/C12H13F3N2O4/c1-2-6(5-9(18)19)16-10(20)7-3-4-8(12(13,14)15)17-11(7)21/h3-4,6H,2,5H2,1H3,(H,16,20)(H,17,21)(H,18,19). The lowest BCUT2D eigenvalue weighted by molar-refractivity contribution is -0.141. The minimum atomic E-state index is -4.72. The molecule has 0 aromatic carbocycles. The minimum Gasteiger partial charge on any atom is -0.481 e. The van der Waals surface area contributed by atoms with E-state index in [4.69, 9.17) is 5.11 Å². The van der Waals surface area contributed by atoms with Crippen molar-refractivity contribution >= 4 is 11.9 Å². The molecule has 0 aliphatic carbocycles. The Balaban J connectivity index is 2.93. The molecular formula is C12H13F3N2O4. The van der Waals surface area contributed by atoms with Crippen LogP contribution in [-0.2, 0) is 11.0 Å². The first kappa shape index (κ1) is 16.7. The minimum absolute atomic E-state index is 0.302. The third-order valence-corrected chi connectivity index (χ3v) is 2.71. The number of H-pyrrole nitrogens is 1. The number of alkyl halides is 3. The fourth-order valence-corrected chi connectivity index (χ4v) is 1.59. The van der Waals surface area contributed by atoms with Gasteiger partial charge in [0.1, 0.15) is 11.3 Å². The molecule has 1 amide bonds. The summed E-state index contributed by atoms with van der Waals surface area (Å²) in [5, 5.41) is 10.9. The molecule has 1 rings (SSSR count). The van der Waals surface area contributed by atoms with Gasteiger partial charge in [0.15, 0.2) is 0 Å². The van der Waals surface area contributed by atoms with Gasteiger partial charge in [-0.25, -0.2) is 0 Å². The van der Waals surface area contributed by atoms with Crippen LogP contribution in [0.15, 0.2) is 16.9 Å². The average Bonchev–Trinajstić information content (AvgIpc) is 2.35. The molecule has 21 heavy (non-hydrogen) atoms. The molecule has 0 radical (unpaired) electrons. The van der Waals surface area contributed by atoms with Crippen LogP contribution in [0.3, 0.4) is 0 Å². The zero-order chi connectivity index (χ0) is 16.2. The number of amides is 1. The van der Waals surface area contributed by atoms with E-state index in [-0.39, 0.29) is 6.42 Å². The van der Waals surface area contributed by atoms with Crippen LogP contribution in [0.2, 0.25) is 0 Å². The van der Waals surface area contributed by atoms with Crippen LogP contribution >= 0.6 is 0 Å². The summed E-state index contributed by atoms with van der Waals surface area (Å²) in [6.07, 6.45) is -4.76. The van der Waals surface area contributed by atoms with Gasteiger partial charge in [0.2, 0.25) is 0 Å². The highest BCUT2D eigenvalue weighted by molar-refractivity contribution is 5.94. The number of hydrogen-bond donors (Lipinski definition) is 3. The van der Waals surface area contributed by atoms with Crippen molar-refractivity contribution in [3.05, 3.63) is 33.7 Å². The van der Waals surface area contributed by atoms with E-state index in [0.29, 0.717) is 12.5 Å². The van der Waals surface area contributed by atoms with Crippen LogP contribution in [0.4, 0.5) is 13.2 Å². The fraction of sp³-hybridized carbons (Fsp3) is 0.417. The second kappa shape index (κ2) is 6.42. The van der Waals surface area contributed by atoms with Gasteiger partial charge in [0, 0.05) is 6.04 Å². The molecule has 0 spiro atoms. The maximum atomic E-state index is 12.4. The van der Waals surface area contributed by atoms with E-state index in [0.717, 1.165) is 6.07 Å². The highest BCUT2D eigenvalue weighted by atomic mass is 19.4. The Morgan fingerprint density at radius 2 is 2.00 bits per heavy atom. The van der Waals surface area contributed by atoms with E-state index < -0.39 is 40.9 Å². The van der Waals surface area contributed by atoms with E-state index in [1.54, 1.807) is 11.9 Å². The maximum Gasteiger partial charge on any atom is 0.431 e. The Hall–Kier alpha value is -2.32. The number of hydrogen-bond acceptors (Lipinski definition) is 3. The number of aliphatic carboxylic acids is 1. The molecule has 0 saturated carbocycles. The lowest BCUT2D eigenvalue weighted by Gasteiger charge is -2.14. The SMILES string of the molecule is CCC(CC(=O)O)NC(=O)c1ccc(C(F)(F)F)[nH]c1=O. The van der Waals surface area contributed by atoms with Crippen molar-refractivity contribution in [2.75, 3.05) is 0 Å². The Bertz CT molecular complexity index is 595. The first-order valence-corrected chi connectivity index (χ1v) is 5.98. The van der Waals surface area contributed by atoms with Crippen molar-refractivity contribution in [1.82, 2.24) is 10.3 Å². The third kappa shape index (κ3) is 4.62. The molecule has 0 saturated heterocycles. The molecule has 0 fully saturated rings. The van der Waals surface area contributed by atoms with Crippen molar-refractivity contribution < 1.29 is 27.9 Å². The molecule has 1 aromatic rings. The van der Waals surface area contributed by atoms with Crippen LogP contribution < -0.4 is 10.9 Å². The number of carboxylic acid groups (broad SMARTS) is 1. The summed E-state index contributed by atoms with van der Waals surface area (Å²) >= 11 is 0. The molecule has 6 nitrogen and oxygen atoms in total. The zero-order valence-electron chi connectivity index (χ0n) is 11.0. The zero-order valence-corrected chi connectivity index (χ0v) is 11.0. The quantitative estimate of drug-likeness (QED) is 0.765. The second-order valence-corrected chi connectivity index (χ2v) is 4.29. The Morgan fingerprint density at radius 3 is 2.43 bits per heavy atom. The smallest absolute Gasteiger partial charge is 0.431 e. The second-order valence-electron chi connectivity index (χ2n) is 4.29. The monoisotopic (exact) mass is 306 g/mol. The molecule has 0 bridgehead atoms. The first-order valence-electron chi connectivity index (χ1n) is 5.98. The van der Waals surface area contributed by atoms with Gasteiger partial charge in [-0.05, 0) is 18.6 Å². The number of nitrogens with one attached hydrogen (secondary N) is 2. The van der Waals surface area contributed by atoms with E-state index >= 15 is 0 Å². The van der Waals surface area contributed by atoms with Crippen LogP contribution in [0.1, 0.15) is 35.8 Å². The predicted molar refractivity (Wildman–Crippen MR) is 65.9 cm³/mol. The summed E-state index contributed by atoms with van der Waals surface area (Å²) in [5.74, 6) is -2.05. The summed E-state index contributed by atoms with van der Waals surface area (Å²) in [4.78, 5) is 35.4. The normalized spacial score (nSPS) is 12.8. The number of pyridine rings is 1. The number of carboxylic acids is 1. The van der Waals surface area contributed by atoms with Crippen LogP contribution in [0.25, 0.3) is 0 Å². The Morgan fingerprint density at radius 1 is 1.38 bits per heavy atom. The molecule has 0 aliphatic heterocycles. The summed E-state index contributed by atoms with van der Waals surface area (Å²) < 4.78 is 37.1. The number of aromatic amines is 1. The number of carbonyl (C=O) groups is 2. The van der Waals surface area contributed by atoms with Gasteiger partial charge in [-0.15, -0.1) is 0 Å². The predicted octanol–water partition coefficient (Wildman–Crippen LogP) is 1.38. The molecule has 0 aliphatic rings. The van der Waals surface area contributed by atoms with Crippen LogP contribution in [-0.4, -0.2) is 28.0 Å². The third-order valence-electron chi connectivity index (χ3n) is 2.71. The number of carbonyl (C=O) groups excluding carboxylic acids is 1. The molecular weight excluding hydrogens is 293 g/mol. The molecule has 1 aromatic heterocycles. The van der Waals surface area contributed by atoms with Crippen molar-refractivity contribution in [1.29, 1.82) is 0 Å². The topological polar surface area (TPSA) is 99.3 Å². The summed E-state index contributed by atoms with van der Waals surface area (Å²) in [6, 6.07) is 0.621. The first-order chi connectivity index (χ1) is 9.65. The number of halogens is 3. The Labute approximate surface area is 117 Å². The molecule has 1 heterocycles. The summed E-state index contributed by atoms with van der Waals surface area (Å²) in [7, 11) is 0. The Kier molecular flexibility index (Phi) is 5.12. The van der Waals surface area contributed by atoms with Crippen LogP contribution in [0.5, 0.6) is 0 Å². The lowest BCUT2D eigenvalue weighted by Crippen LogP contribution is -2.38. The number of aromatic nitrogens is 1. The molecule has 1 unspecified atom stereocenters. The fourth-order valence-electron chi connectivity index (χ4n) is 1.59.